The number of hydrogen-bond acceptors (Lipinski definition) is 10. The van der Waals surface area contributed by atoms with Crippen molar-refractivity contribution in [3.63, 3.8) is 0 Å². The van der Waals surface area contributed by atoms with E-state index < -0.39 is 95.0 Å². The summed E-state index contributed by atoms with van der Waals surface area (Å²) in [6.07, 6.45) is 3.84. The summed E-state index contributed by atoms with van der Waals surface area (Å²) in [5.74, 6) is -6.05. The summed E-state index contributed by atoms with van der Waals surface area (Å²) in [6.45, 7) is 6.44. The molecule has 1 aliphatic heterocycles. The van der Waals surface area contributed by atoms with Crippen LogP contribution in [0.5, 0.6) is 0 Å². The first-order valence-corrected chi connectivity index (χ1v) is 23.1. The van der Waals surface area contributed by atoms with Crippen LogP contribution in [0.4, 0.5) is 25.0 Å². The van der Waals surface area contributed by atoms with Crippen LogP contribution in [0.15, 0.2) is 97.2 Å². The molecule has 0 fully saturated rings. The van der Waals surface area contributed by atoms with E-state index in [1.54, 1.807) is 12.3 Å². The summed E-state index contributed by atoms with van der Waals surface area (Å²) in [5, 5.41) is 20.5. The van der Waals surface area contributed by atoms with Crippen molar-refractivity contribution in [1.29, 1.82) is 0 Å². The number of nitrogens with zero attached hydrogens (tertiary/aromatic N) is 3. The van der Waals surface area contributed by atoms with Gasteiger partial charge in [-0.05, 0) is 85.7 Å². The number of urea groups is 1. The number of aliphatic hydroxyl groups excluding tert-OH is 1. The van der Waals surface area contributed by atoms with E-state index in [1.807, 2.05) is 55.7 Å². The standard InChI is InChI=1S/C51H61F2N9O9/c1-31(42(64)26-33(11-8-22-57-50(55)71)48(69)59-36-13-15-37(16-14-36)62-44(66)18-19-45(62)67)58-43(65)20-23-56-49(70)40(54)21-24-61(46(68)30-63)47(51(2,3)4)41-25-34(38-27-35(52)12-17-39(38)53)29-60(41)28-32-9-6-5-7-10-32/h5-7,9-10,12-19,25,27,29,31,33,40,47,63H,8,11,20-24,26,28,30,54H2,1-4H3,(H,56,70)(H,58,65)(H,59,69)(H3,55,57,71)/t31-,33+,40-,47-/m0/s1. The van der Waals surface area contributed by atoms with Crippen molar-refractivity contribution in [2.75, 3.05) is 36.5 Å². The number of rotatable bonds is 24. The Balaban J connectivity index is 1.18. The smallest absolute Gasteiger partial charge is 0.312 e. The third-order valence-electron chi connectivity index (χ3n) is 11.8. The van der Waals surface area contributed by atoms with Gasteiger partial charge in [0.1, 0.15) is 18.2 Å². The van der Waals surface area contributed by atoms with Gasteiger partial charge in [0.25, 0.3) is 11.8 Å². The molecule has 0 saturated heterocycles. The fraction of sp³-hybridized carbons (Fsp3) is 0.373. The summed E-state index contributed by atoms with van der Waals surface area (Å²) in [5.41, 5.74) is 13.3. The Labute approximate surface area is 410 Å². The zero-order valence-electron chi connectivity index (χ0n) is 40.1. The highest BCUT2D eigenvalue weighted by molar-refractivity contribution is 6.28. The number of nitrogens with one attached hydrogen (secondary N) is 4. The average Bonchev–Trinajstić information content (AvgIpc) is 3.89. The number of halogens is 2. The number of primary amides is 1. The number of ketones is 1. The molecule has 4 aromatic rings. The summed E-state index contributed by atoms with van der Waals surface area (Å²) in [4.78, 5) is 104. The maximum absolute atomic E-state index is 15.1. The van der Waals surface area contributed by atoms with E-state index in [4.69, 9.17) is 11.5 Å². The number of imide groups is 1. The van der Waals surface area contributed by atoms with Crippen LogP contribution in [0, 0.1) is 23.0 Å². The molecule has 9 N–H and O–H groups in total. The lowest BCUT2D eigenvalue weighted by Crippen LogP contribution is -2.48. The molecule has 5 rings (SSSR count). The summed E-state index contributed by atoms with van der Waals surface area (Å²) < 4.78 is 31.4. The van der Waals surface area contributed by atoms with E-state index >= 15 is 4.39 Å². The lowest BCUT2D eigenvalue weighted by molar-refractivity contribution is -0.140. The first-order chi connectivity index (χ1) is 33.7. The van der Waals surface area contributed by atoms with Crippen molar-refractivity contribution in [3.05, 3.63) is 120 Å². The number of carbonyl (C=O) groups is 8. The predicted octanol–water partition coefficient (Wildman–Crippen LogP) is 4.21. The van der Waals surface area contributed by atoms with Crippen LogP contribution in [-0.2, 0) is 40.1 Å². The minimum absolute atomic E-state index is 0.0222. The lowest BCUT2D eigenvalue weighted by Gasteiger charge is -2.41. The van der Waals surface area contributed by atoms with Crippen molar-refractivity contribution in [2.24, 2.45) is 22.8 Å². The molecule has 3 aromatic carbocycles. The van der Waals surface area contributed by atoms with E-state index in [9.17, 15) is 47.9 Å². The number of Topliss-reactive ketones (excluding diaryl/α,β-unsaturated/α-hetero) is 1. The quantitative estimate of drug-likeness (QED) is 0.0388. The van der Waals surface area contributed by atoms with Gasteiger partial charge in [-0.25, -0.2) is 18.5 Å². The molecule has 8 amide bonds. The molecule has 0 spiro atoms. The Hall–Kier alpha value is -7.58. The number of benzene rings is 3. The van der Waals surface area contributed by atoms with E-state index in [0.29, 0.717) is 35.6 Å². The van der Waals surface area contributed by atoms with Gasteiger partial charge in [-0.3, -0.25) is 33.6 Å². The molecule has 71 heavy (non-hydrogen) atoms. The molecule has 4 atom stereocenters. The van der Waals surface area contributed by atoms with Gasteiger partial charge in [-0.2, -0.15) is 0 Å². The first-order valence-electron chi connectivity index (χ1n) is 23.1. The van der Waals surface area contributed by atoms with Gasteiger partial charge in [-0.15, -0.1) is 0 Å². The maximum atomic E-state index is 15.1. The fourth-order valence-electron chi connectivity index (χ4n) is 8.23. The van der Waals surface area contributed by atoms with Crippen molar-refractivity contribution in [2.45, 2.75) is 84.5 Å². The second kappa shape index (κ2) is 24.8. The number of aromatic nitrogens is 1. The third-order valence-corrected chi connectivity index (χ3v) is 11.8. The Morgan fingerprint density at radius 1 is 0.845 bits per heavy atom. The summed E-state index contributed by atoms with van der Waals surface area (Å²) >= 11 is 0. The van der Waals surface area contributed by atoms with Gasteiger partial charge in [0, 0.05) is 85.8 Å². The molecule has 0 bridgehead atoms. The normalized spacial score (nSPS) is 14.1. The van der Waals surface area contributed by atoms with Gasteiger partial charge < -0.3 is 47.3 Å². The van der Waals surface area contributed by atoms with E-state index in [2.05, 4.69) is 21.3 Å². The molecule has 0 saturated carbocycles. The molecule has 2 heterocycles. The Morgan fingerprint density at radius 2 is 1.52 bits per heavy atom. The first kappa shape index (κ1) is 54.4. The van der Waals surface area contributed by atoms with Crippen LogP contribution in [-0.4, -0.2) is 100 Å². The monoisotopic (exact) mass is 981 g/mol. The Bertz CT molecular complexity index is 2600. The highest BCUT2D eigenvalue weighted by atomic mass is 19.1. The molecule has 1 aliphatic rings. The number of hydrogen-bond donors (Lipinski definition) is 7. The van der Waals surface area contributed by atoms with Gasteiger partial charge in [0.05, 0.1) is 23.8 Å². The molecular formula is C51H61F2N9O9. The number of amides is 8. The topological polar surface area (TPSA) is 268 Å². The SMILES string of the molecule is C[C@H](NC(=O)CCNC(=O)[C@@H](N)CCN(C(=O)CO)[C@@H](c1cc(-c2cc(F)ccc2F)cn1Cc1ccccc1)C(C)(C)C)C(=O)C[C@@H](CCCNC(N)=O)C(=O)Nc1ccc(N2C(=O)C=CC2=O)cc1. The highest BCUT2D eigenvalue weighted by Gasteiger charge is 2.38. The highest BCUT2D eigenvalue weighted by Crippen LogP contribution is 2.41. The van der Waals surface area contributed by atoms with Gasteiger partial charge in [0.2, 0.25) is 23.6 Å². The van der Waals surface area contributed by atoms with E-state index in [1.165, 1.54) is 36.1 Å². The second-order valence-electron chi connectivity index (χ2n) is 18.3. The molecule has 0 unspecified atom stereocenters. The van der Waals surface area contributed by atoms with Gasteiger partial charge in [-0.1, -0.05) is 51.1 Å². The van der Waals surface area contributed by atoms with Crippen LogP contribution in [0.1, 0.15) is 77.1 Å². The molecule has 1 aromatic heterocycles. The number of anilines is 2. The summed E-state index contributed by atoms with van der Waals surface area (Å²) in [6, 6.07) is 16.5. The van der Waals surface area contributed by atoms with Crippen LogP contribution < -0.4 is 37.6 Å². The maximum Gasteiger partial charge on any atom is 0.312 e. The van der Waals surface area contributed by atoms with Gasteiger partial charge >= 0.3 is 6.03 Å². The number of aliphatic hydroxyl groups is 1. The molecule has 0 aliphatic carbocycles. The molecule has 20 heteroatoms. The van der Waals surface area contributed by atoms with Crippen molar-refractivity contribution < 1.29 is 52.2 Å². The zero-order chi connectivity index (χ0) is 52.0. The van der Waals surface area contributed by atoms with E-state index in [0.717, 1.165) is 40.8 Å². The van der Waals surface area contributed by atoms with Crippen molar-refractivity contribution in [1.82, 2.24) is 25.4 Å². The van der Waals surface area contributed by atoms with E-state index in [-0.39, 0.29) is 50.9 Å². The van der Waals surface area contributed by atoms with Crippen molar-refractivity contribution in [3.8, 4) is 11.1 Å². The minimum atomic E-state index is -1.17. The third kappa shape index (κ3) is 15.2. The predicted molar refractivity (Wildman–Crippen MR) is 261 cm³/mol. The molecule has 0 radical (unpaired) electrons. The number of carbonyl (C=O) groups excluding carboxylic acids is 8. The summed E-state index contributed by atoms with van der Waals surface area (Å²) in [7, 11) is 0. The largest absolute Gasteiger partial charge is 0.387 e. The Morgan fingerprint density at radius 3 is 2.15 bits per heavy atom. The zero-order valence-corrected chi connectivity index (χ0v) is 40.1. The van der Waals surface area contributed by atoms with Crippen LogP contribution in [0.2, 0.25) is 0 Å². The van der Waals surface area contributed by atoms with Crippen LogP contribution in [0.3, 0.4) is 0 Å². The average molecular weight is 982 g/mol. The minimum Gasteiger partial charge on any atom is -0.387 e. The van der Waals surface area contributed by atoms with Crippen molar-refractivity contribution >= 4 is 58.6 Å². The Kier molecular flexibility index (Phi) is 19.0. The fourth-order valence-corrected chi connectivity index (χ4v) is 8.23. The lowest BCUT2D eigenvalue weighted by atomic mass is 9.82. The van der Waals surface area contributed by atoms with Crippen LogP contribution in [0.25, 0.3) is 11.1 Å². The van der Waals surface area contributed by atoms with Crippen LogP contribution >= 0.6 is 0 Å². The second-order valence-corrected chi connectivity index (χ2v) is 18.3. The van der Waals surface area contributed by atoms with Gasteiger partial charge in [0.15, 0.2) is 5.78 Å². The molecule has 378 valence electrons. The molecule has 18 nitrogen and oxygen atoms in total. The molecular weight excluding hydrogens is 921 g/mol. The number of nitrogens with two attached hydrogens (primary N) is 2.